The van der Waals surface area contributed by atoms with Crippen LogP contribution in [-0.4, -0.2) is 5.91 Å². The number of rotatable bonds is 4. The molecule has 4 N–H and O–H groups in total. The summed E-state index contributed by atoms with van der Waals surface area (Å²) in [5, 5.41) is 11.0. The monoisotopic (exact) mass is 417 g/mol. The van der Waals surface area contributed by atoms with Gasteiger partial charge in [0.05, 0.1) is 11.4 Å². The number of hydrogen-bond acceptors (Lipinski definition) is 3. The number of nitrogens with two attached hydrogens (primary N) is 1. The van der Waals surface area contributed by atoms with Crippen LogP contribution in [0.4, 0.5) is 22.7 Å². The molecule has 0 aromatic heterocycles. The number of anilines is 4. The van der Waals surface area contributed by atoms with Gasteiger partial charge in [-0.3, -0.25) is 4.79 Å². The number of nitrogens with one attached hydrogen (secondary N) is 2. The van der Waals surface area contributed by atoms with Crippen LogP contribution in [0.2, 0.25) is 0 Å². The fourth-order valence-electron chi connectivity index (χ4n) is 4.24. The normalized spacial score (nSPS) is 10.9. The molecule has 0 unspecified atom stereocenters. The van der Waals surface area contributed by atoms with Crippen molar-refractivity contribution >= 4 is 50.2 Å². The van der Waals surface area contributed by atoms with Gasteiger partial charge in [0.15, 0.2) is 0 Å². The van der Waals surface area contributed by atoms with E-state index in [2.05, 4.69) is 47.0 Å². The maximum Gasteiger partial charge on any atom is 0.221 e. The van der Waals surface area contributed by atoms with Crippen LogP contribution < -0.4 is 16.4 Å². The molecule has 0 fully saturated rings. The highest BCUT2D eigenvalue weighted by molar-refractivity contribution is 6.15. The summed E-state index contributed by atoms with van der Waals surface area (Å²) in [5.41, 5.74) is 11.4. The summed E-state index contributed by atoms with van der Waals surface area (Å²) < 4.78 is 0. The van der Waals surface area contributed by atoms with Gasteiger partial charge in [-0.1, -0.05) is 72.8 Å². The van der Waals surface area contributed by atoms with Crippen LogP contribution in [-0.2, 0) is 4.79 Å². The topological polar surface area (TPSA) is 67.2 Å². The Morgan fingerprint density at radius 3 is 1.78 bits per heavy atom. The number of hydrogen-bond donors (Lipinski definition) is 3. The summed E-state index contributed by atoms with van der Waals surface area (Å²) >= 11 is 0. The van der Waals surface area contributed by atoms with E-state index in [1.165, 1.54) is 6.92 Å². The minimum absolute atomic E-state index is 0.108. The molecule has 32 heavy (non-hydrogen) atoms. The Balaban J connectivity index is 1.87. The summed E-state index contributed by atoms with van der Waals surface area (Å²) in [6, 6.07) is 32.4. The zero-order chi connectivity index (χ0) is 22.1. The Morgan fingerprint density at radius 2 is 1.16 bits per heavy atom. The first-order chi connectivity index (χ1) is 15.6. The lowest BCUT2D eigenvalue weighted by Crippen LogP contribution is -2.08. The Bertz CT molecular complexity index is 1470. The molecule has 156 valence electrons. The Hall–Kier alpha value is -4.31. The van der Waals surface area contributed by atoms with Crippen LogP contribution in [0.5, 0.6) is 0 Å². The lowest BCUT2D eigenvalue weighted by Gasteiger charge is -2.20. The molecule has 0 aliphatic carbocycles. The maximum atomic E-state index is 12.1. The van der Waals surface area contributed by atoms with Gasteiger partial charge < -0.3 is 16.4 Å². The maximum absolute atomic E-state index is 12.1. The van der Waals surface area contributed by atoms with Crippen molar-refractivity contribution in [3.63, 3.8) is 0 Å². The Labute approximate surface area is 186 Å². The molecule has 0 saturated carbocycles. The standard InChI is InChI=1S/C28H23N3O/c1-18(32)30-25-16-14-19-8-2-4-10-21(19)27(25)28-22-11-5-3-9-20(22)15-17-26(28)31-24-13-7-6-12-23(24)29/h2-17,31H,29H2,1H3,(H,30,32). The number of carbonyl (C=O) groups excluding carboxylic acids is 1. The summed E-state index contributed by atoms with van der Waals surface area (Å²) in [5.74, 6) is -0.108. The number of para-hydroxylation sites is 2. The van der Waals surface area contributed by atoms with Crippen LogP contribution in [0.15, 0.2) is 97.1 Å². The average Bonchev–Trinajstić information content (AvgIpc) is 2.80. The molecule has 0 atom stereocenters. The van der Waals surface area contributed by atoms with E-state index >= 15 is 0 Å². The lowest BCUT2D eigenvalue weighted by molar-refractivity contribution is -0.114. The second kappa shape index (κ2) is 8.08. The largest absolute Gasteiger partial charge is 0.397 e. The second-order valence-corrected chi connectivity index (χ2v) is 7.81. The van der Waals surface area contributed by atoms with E-state index < -0.39 is 0 Å². The highest BCUT2D eigenvalue weighted by Crippen LogP contribution is 2.44. The first-order valence-electron chi connectivity index (χ1n) is 10.5. The molecule has 0 spiro atoms. The molecule has 4 heteroatoms. The quantitative estimate of drug-likeness (QED) is 0.277. The average molecular weight is 418 g/mol. The van der Waals surface area contributed by atoms with Crippen LogP contribution in [0, 0.1) is 0 Å². The van der Waals surface area contributed by atoms with Crippen molar-refractivity contribution in [1.29, 1.82) is 0 Å². The number of nitrogen functional groups attached to an aromatic ring is 1. The summed E-state index contributed by atoms with van der Waals surface area (Å²) in [6.45, 7) is 1.53. The van der Waals surface area contributed by atoms with Gasteiger partial charge in [0, 0.05) is 29.4 Å². The van der Waals surface area contributed by atoms with Crippen LogP contribution in [0.3, 0.4) is 0 Å². The van der Waals surface area contributed by atoms with Gasteiger partial charge in [0.2, 0.25) is 5.91 Å². The van der Waals surface area contributed by atoms with Crippen molar-refractivity contribution in [2.75, 3.05) is 16.4 Å². The Kier molecular flexibility index (Phi) is 4.96. The van der Waals surface area contributed by atoms with Crippen molar-refractivity contribution in [3.8, 4) is 11.1 Å². The van der Waals surface area contributed by atoms with Gasteiger partial charge >= 0.3 is 0 Å². The fraction of sp³-hybridized carbons (Fsp3) is 0.0357. The molecule has 0 bridgehead atoms. The fourth-order valence-corrected chi connectivity index (χ4v) is 4.24. The van der Waals surface area contributed by atoms with Crippen LogP contribution >= 0.6 is 0 Å². The minimum atomic E-state index is -0.108. The summed E-state index contributed by atoms with van der Waals surface area (Å²) in [7, 11) is 0. The molecule has 0 saturated heterocycles. The van der Waals surface area contributed by atoms with Crippen LogP contribution in [0.1, 0.15) is 6.92 Å². The molecular formula is C28H23N3O. The van der Waals surface area contributed by atoms with Gasteiger partial charge in [-0.15, -0.1) is 0 Å². The number of benzene rings is 5. The van der Waals surface area contributed by atoms with Crippen molar-refractivity contribution in [3.05, 3.63) is 97.1 Å². The molecule has 5 rings (SSSR count). The predicted octanol–water partition coefficient (Wildman–Crippen LogP) is 6.94. The molecule has 0 aliphatic rings. The van der Waals surface area contributed by atoms with Crippen molar-refractivity contribution in [2.24, 2.45) is 0 Å². The van der Waals surface area contributed by atoms with Gasteiger partial charge in [-0.25, -0.2) is 0 Å². The molecule has 1 amide bonds. The van der Waals surface area contributed by atoms with E-state index in [-0.39, 0.29) is 5.91 Å². The molecule has 5 aromatic carbocycles. The Morgan fingerprint density at radius 1 is 0.625 bits per heavy atom. The molecule has 0 aliphatic heterocycles. The van der Waals surface area contributed by atoms with Crippen molar-refractivity contribution in [2.45, 2.75) is 6.92 Å². The van der Waals surface area contributed by atoms with Gasteiger partial charge in [-0.05, 0) is 45.8 Å². The van der Waals surface area contributed by atoms with E-state index in [0.717, 1.165) is 49.7 Å². The van der Waals surface area contributed by atoms with Crippen LogP contribution in [0.25, 0.3) is 32.7 Å². The first kappa shape index (κ1) is 19.6. The van der Waals surface area contributed by atoms with Crippen molar-refractivity contribution in [1.82, 2.24) is 0 Å². The van der Waals surface area contributed by atoms with Gasteiger partial charge in [0.1, 0.15) is 0 Å². The highest BCUT2D eigenvalue weighted by atomic mass is 16.1. The van der Waals surface area contributed by atoms with E-state index in [1.54, 1.807) is 0 Å². The summed E-state index contributed by atoms with van der Waals surface area (Å²) in [6.07, 6.45) is 0. The van der Waals surface area contributed by atoms with Gasteiger partial charge in [-0.2, -0.15) is 0 Å². The molecule has 5 aromatic rings. The van der Waals surface area contributed by atoms with Gasteiger partial charge in [0.25, 0.3) is 0 Å². The van der Waals surface area contributed by atoms with Crippen molar-refractivity contribution < 1.29 is 4.79 Å². The SMILES string of the molecule is CC(=O)Nc1ccc2ccccc2c1-c1c(Nc2ccccc2N)ccc2ccccc12. The molecular weight excluding hydrogens is 394 g/mol. The predicted molar refractivity (Wildman–Crippen MR) is 135 cm³/mol. The van der Waals surface area contributed by atoms with E-state index in [1.807, 2.05) is 60.7 Å². The van der Waals surface area contributed by atoms with E-state index in [9.17, 15) is 4.79 Å². The molecule has 0 radical (unpaired) electrons. The lowest BCUT2D eigenvalue weighted by atomic mass is 9.91. The summed E-state index contributed by atoms with van der Waals surface area (Å²) in [4.78, 5) is 12.1. The van der Waals surface area contributed by atoms with E-state index in [0.29, 0.717) is 5.69 Å². The molecule has 4 nitrogen and oxygen atoms in total. The zero-order valence-corrected chi connectivity index (χ0v) is 17.7. The smallest absolute Gasteiger partial charge is 0.221 e. The third kappa shape index (κ3) is 3.52. The first-order valence-corrected chi connectivity index (χ1v) is 10.5. The number of amides is 1. The third-order valence-corrected chi connectivity index (χ3v) is 5.65. The minimum Gasteiger partial charge on any atom is -0.397 e. The second-order valence-electron chi connectivity index (χ2n) is 7.81. The number of fused-ring (bicyclic) bond motifs is 2. The number of carbonyl (C=O) groups is 1. The highest BCUT2D eigenvalue weighted by Gasteiger charge is 2.18. The van der Waals surface area contributed by atoms with E-state index in [4.69, 9.17) is 5.73 Å². The third-order valence-electron chi connectivity index (χ3n) is 5.65. The zero-order valence-electron chi connectivity index (χ0n) is 17.7. The molecule has 0 heterocycles.